The molecule has 0 atom stereocenters. The highest BCUT2D eigenvalue weighted by molar-refractivity contribution is 6.05. The number of anilines is 3. The van der Waals surface area contributed by atoms with Gasteiger partial charge in [-0.1, -0.05) is 24.3 Å². The second-order valence-electron chi connectivity index (χ2n) is 6.26. The number of hydrogen-bond acceptors (Lipinski definition) is 5. The van der Waals surface area contributed by atoms with Gasteiger partial charge < -0.3 is 15.5 Å². The standard InChI is InChI=1S/C21H21N5O2/c1-15(27)26(2)14-17-7-3-4-10-19(17)25-20(28)16-8-5-9-18(13-16)24-21-22-11-6-12-23-21/h3-13H,14H2,1-2H3,(H,25,28)(H,22,23,24). The van der Waals surface area contributed by atoms with Crippen molar-refractivity contribution in [3.8, 4) is 0 Å². The van der Waals surface area contributed by atoms with E-state index in [-0.39, 0.29) is 11.8 Å². The van der Waals surface area contributed by atoms with Gasteiger partial charge in [-0.2, -0.15) is 0 Å². The summed E-state index contributed by atoms with van der Waals surface area (Å²) in [5.74, 6) is 0.177. The minimum absolute atomic E-state index is 0.0389. The SMILES string of the molecule is CC(=O)N(C)Cc1ccccc1NC(=O)c1cccc(Nc2ncccn2)c1. The molecule has 0 spiro atoms. The molecule has 0 aliphatic carbocycles. The van der Waals surface area contributed by atoms with Crippen LogP contribution in [0.25, 0.3) is 0 Å². The van der Waals surface area contributed by atoms with Gasteiger partial charge in [0.1, 0.15) is 0 Å². The van der Waals surface area contributed by atoms with Crippen LogP contribution in [0.1, 0.15) is 22.8 Å². The lowest BCUT2D eigenvalue weighted by Gasteiger charge is -2.18. The summed E-state index contributed by atoms with van der Waals surface area (Å²) < 4.78 is 0. The number of nitrogens with one attached hydrogen (secondary N) is 2. The Hall–Kier alpha value is -3.74. The summed E-state index contributed by atoms with van der Waals surface area (Å²) in [6.07, 6.45) is 3.28. The fraction of sp³-hybridized carbons (Fsp3) is 0.143. The van der Waals surface area contributed by atoms with E-state index >= 15 is 0 Å². The Bertz CT molecular complexity index is 975. The highest BCUT2D eigenvalue weighted by atomic mass is 16.2. The molecule has 3 aromatic rings. The summed E-state index contributed by atoms with van der Waals surface area (Å²) in [4.78, 5) is 34.1. The molecular formula is C21H21N5O2. The van der Waals surface area contributed by atoms with E-state index in [9.17, 15) is 9.59 Å². The van der Waals surface area contributed by atoms with E-state index in [2.05, 4.69) is 20.6 Å². The van der Waals surface area contributed by atoms with E-state index in [0.717, 1.165) is 5.56 Å². The van der Waals surface area contributed by atoms with Gasteiger partial charge in [0.2, 0.25) is 11.9 Å². The zero-order valence-corrected chi connectivity index (χ0v) is 15.7. The first-order chi connectivity index (χ1) is 13.5. The zero-order valence-electron chi connectivity index (χ0n) is 15.7. The number of carbonyl (C=O) groups excluding carboxylic acids is 2. The molecule has 2 amide bonds. The molecule has 0 bridgehead atoms. The molecule has 2 N–H and O–H groups in total. The molecule has 7 nitrogen and oxygen atoms in total. The number of para-hydroxylation sites is 1. The maximum absolute atomic E-state index is 12.7. The summed E-state index contributed by atoms with van der Waals surface area (Å²) in [6, 6.07) is 16.3. The van der Waals surface area contributed by atoms with E-state index in [1.807, 2.05) is 30.3 Å². The van der Waals surface area contributed by atoms with Crippen molar-refractivity contribution in [2.45, 2.75) is 13.5 Å². The van der Waals surface area contributed by atoms with Gasteiger partial charge in [0.25, 0.3) is 5.91 Å². The molecule has 0 aliphatic heterocycles. The third-order valence-corrected chi connectivity index (χ3v) is 4.16. The van der Waals surface area contributed by atoms with Crippen molar-refractivity contribution in [1.82, 2.24) is 14.9 Å². The van der Waals surface area contributed by atoms with Crippen molar-refractivity contribution in [2.75, 3.05) is 17.7 Å². The lowest BCUT2D eigenvalue weighted by molar-refractivity contribution is -0.128. The molecule has 2 aromatic carbocycles. The predicted octanol–water partition coefficient (Wildman–Crippen LogP) is 3.45. The maximum atomic E-state index is 12.7. The summed E-state index contributed by atoms with van der Waals surface area (Å²) >= 11 is 0. The van der Waals surface area contributed by atoms with Gasteiger partial charge in [0.15, 0.2) is 0 Å². The van der Waals surface area contributed by atoms with E-state index in [4.69, 9.17) is 0 Å². The monoisotopic (exact) mass is 375 g/mol. The van der Waals surface area contributed by atoms with Crippen LogP contribution >= 0.6 is 0 Å². The molecule has 3 rings (SSSR count). The van der Waals surface area contributed by atoms with Crippen molar-refractivity contribution in [2.24, 2.45) is 0 Å². The van der Waals surface area contributed by atoms with Crippen LogP contribution in [0.15, 0.2) is 67.0 Å². The smallest absolute Gasteiger partial charge is 0.255 e. The van der Waals surface area contributed by atoms with Crippen molar-refractivity contribution in [1.29, 1.82) is 0 Å². The van der Waals surface area contributed by atoms with Gasteiger partial charge in [-0.3, -0.25) is 9.59 Å². The van der Waals surface area contributed by atoms with E-state index in [0.29, 0.717) is 29.4 Å². The summed E-state index contributed by atoms with van der Waals surface area (Å²) in [7, 11) is 1.72. The number of rotatable bonds is 6. The number of hydrogen-bond donors (Lipinski definition) is 2. The van der Waals surface area contributed by atoms with Crippen LogP contribution in [0.4, 0.5) is 17.3 Å². The first kappa shape index (κ1) is 19.0. The maximum Gasteiger partial charge on any atom is 0.255 e. The van der Waals surface area contributed by atoms with Crippen LogP contribution < -0.4 is 10.6 Å². The van der Waals surface area contributed by atoms with Gasteiger partial charge in [0, 0.05) is 49.8 Å². The first-order valence-corrected chi connectivity index (χ1v) is 8.78. The first-order valence-electron chi connectivity index (χ1n) is 8.78. The van der Waals surface area contributed by atoms with Crippen LogP contribution in [0.2, 0.25) is 0 Å². The van der Waals surface area contributed by atoms with Crippen LogP contribution in [-0.4, -0.2) is 33.7 Å². The summed E-state index contributed by atoms with van der Waals surface area (Å²) in [5, 5.41) is 5.99. The second kappa shape index (κ2) is 8.77. The molecule has 0 fully saturated rings. The predicted molar refractivity (Wildman–Crippen MR) is 108 cm³/mol. The quantitative estimate of drug-likeness (QED) is 0.689. The Morgan fingerprint density at radius 2 is 1.75 bits per heavy atom. The minimum Gasteiger partial charge on any atom is -0.342 e. The largest absolute Gasteiger partial charge is 0.342 e. The fourth-order valence-corrected chi connectivity index (χ4v) is 2.57. The van der Waals surface area contributed by atoms with Crippen molar-refractivity contribution in [3.63, 3.8) is 0 Å². The van der Waals surface area contributed by atoms with E-state index in [1.165, 1.54) is 6.92 Å². The average Bonchev–Trinajstić information content (AvgIpc) is 2.70. The van der Waals surface area contributed by atoms with Crippen LogP contribution in [0.3, 0.4) is 0 Å². The second-order valence-corrected chi connectivity index (χ2v) is 6.26. The number of nitrogens with zero attached hydrogens (tertiary/aromatic N) is 3. The minimum atomic E-state index is -0.240. The van der Waals surface area contributed by atoms with Gasteiger partial charge in [-0.25, -0.2) is 9.97 Å². The number of aromatic nitrogens is 2. The van der Waals surface area contributed by atoms with Crippen LogP contribution in [0.5, 0.6) is 0 Å². The summed E-state index contributed by atoms with van der Waals surface area (Å²) in [5.41, 5.74) is 2.74. The Morgan fingerprint density at radius 3 is 2.50 bits per heavy atom. The zero-order chi connectivity index (χ0) is 19.9. The molecule has 7 heteroatoms. The molecule has 0 unspecified atom stereocenters. The number of amides is 2. The lowest BCUT2D eigenvalue weighted by Crippen LogP contribution is -2.24. The Morgan fingerprint density at radius 1 is 1.00 bits per heavy atom. The third kappa shape index (κ3) is 4.91. The molecular weight excluding hydrogens is 354 g/mol. The van der Waals surface area contributed by atoms with Gasteiger partial charge in [-0.15, -0.1) is 0 Å². The van der Waals surface area contributed by atoms with Crippen LogP contribution in [-0.2, 0) is 11.3 Å². The Balaban J connectivity index is 1.75. The highest BCUT2D eigenvalue weighted by Gasteiger charge is 2.12. The molecule has 28 heavy (non-hydrogen) atoms. The molecule has 142 valence electrons. The van der Waals surface area contributed by atoms with Crippen molar-refractivity contribution in [3.05, 3.63) is 78.1 Å². The van der Waals surface area contributed by atoms with Gasteiger partial charge in [-0.05, 0) is 35.9 Å². The van der Waals surface area contributed by atoms with Gasteiger partial charge >= 0.3 is 0 Å². The average molecular weight is 375 g/mol. The molecule has 0 saturated heterocycles. The van der Waals surface area contributed by atoms with Crippen molar-refractivity contribution >= 4 is 29.1 Å². The molecule has 0 radical (unpaired) electrons. The number of carbonyl (C=O) groups is 2. The molecule has 0 saturated carbocycles. The topological polar surface area (TPSA) is 87.2 Å². The van der Waals surface area contributed by atoms with E-state index in [1.54, 1.807) is 48.6 Å². The molecule has 1 heterocycles. The molecule has 0 aliphatic rings. The highest BCUT2D eigenvalue weighted by Crippen LogP contribution is 2.20. The number of benzene rings is 2. The van der Waals surface area contributed by atoms with E-state index < -0.39 is 0 Å². The molecule has 1 aromatic heterocycles. The van der Waals surface area contributed by atoms with Crippen LogP contribution in [0, 0.1) is 0 Å². The van der Waals surface area contributed by atoms with Crippen molar-refractivity contribution < 1.29 is 9.59 Å². The summed E-state index contributed by atoms with van der Waals surface area (Å²) in [6.45, 7) is 1.93. The lowest BCUT2D eigenvalue weighted by atomic mass is 10.1. The third-order valence-electron chi connectivity index (χ3n) is 4.16. The normalized spacial score (nSPS) is 10.2. The fourth-order valence-electron chi connectivity index (χ4n) is 2.57. The Kier molecular flexibility index (Phi) is 5.96. The van der Waals surface area contributed by atoms with Gasteiger partial charge in [0.05, 0.1) is 0 Å². The Labute approximate surface area is 163 Å².